The minimum atomic E-state index is -0.559. The number of fused-ring (bicyclic) bond motifs is 1. The van der Waals surface area contributed by atoms with Gasteiger partial charge in [0.25, 0.3) is 0 Å². The average molecular weight is 260 g/mol. The molecule has 0 aliphatic heterocycles. The van der Waals surface area contributed by atoms with Crippen molar-refractivity contribution in [2.45, 2.75) is 26.2 Å². The van der Waals surface area contributed by atoms with Gasteiger partial charge in [-0.15, -0.1) is 0 Å². The first-order valence-electron chi connectivity index (χ1n) is 5.99. The average Bonchev–Trinajstić information content (AvgIpc) is 2.35. The van der Waals surface area contributed by atoms with Crippen molar-refractivity contribution in [1.29, 1.82) is 0 Å². The van der Waals surface area contributed by atoms with Gasteiger partial charge in [-0.2, -0.15) is 0 Å². The molecular formula is C15H16O4. The Bertz CT molecular complexity index is 689. The van der Waals surface area contributed by atoms with Crippen LogP contribution in [0.3, 0.4) is 0 Å². The predicted octanol–water partition coefficient (Wildman–Crippen LogP) is 2.88. The molecule has 0 radical (unpaired) electrons. The van der Waals surface area contributed by atoms with Crippen LogP contribution in [-0.4, -0.2) is 13.1 Å². The van der Waals surface area contributed by atoms with E-state index >= 15 is 0 Å². The third-order valence-corrected chi connectivity index (χ3v) is 3.01. The van der Waals surface area contributed by atoms with E-state index in [0.717, 1.165) is 5.56 Å². The molecule has 1 aromatic heterocycles. The van der Waals surface area contributed by atoms with E-state index in [1.807, 2.05) is 12.1 Å². The van der Waals surface area contributed by atoms with Crippen LogP contribution in [-0.2, 0) is 10.2 Å². The Morgan fingerprint density at radius 2 is 1.89 bits per heavy atom. The molecule has 0 unspecified atom stereocenters. The van der Waals surface area contributed by atoms with Crippen LogP contribution in [0.15, 0.2) is 33.5 Å². The molecule has 100 valence electrons. The number of carbonyl (C=O) groups excluding carboxylic acids is 1. The van der Waals surface area contributed by atoms with Gasteiger partial charge in [0, 0.05) is 11.5 Å². The molecule has 0 amide bonds. The second-order valence-corrected chi connectivity index (χ2v) is 5.43. The zero-order chi connectivity index (χ0) is 14.2. The van der Waals surface area contributed by atoms with Crippen molar-refractivity contribution in [2.75, 3.05) is 7.11 Å². The molecule has 0 spiro atoms. The first-order chi connectivity index (χ1) is 8.82. The molecule has 4 nitrogen and oxygen atoms in total. The molecule has 0 saturated carbocycles. The van der Waals surface area contributed by atoms with Crippen LogP contribution in [0, 0.1) is 0 Å². The maximum absolute atomic E-state index is 11.7. The van der Waals surface area contributed by atoms with Crippen LogP contribution in [0.4, 0.5) is 0 Å². The van der Waals surface area contributed by atoms with Crippen molar-refractivity contribution in [2.24, 2.45) is 0 Å². The number of hydrogen-bond acceptors (Lipinski definition) is 4. The van der Waals surface area contributed by atoms with Crippen molar-refractivity contribution in [3.63, 3.8) is 0 Å². The number of benzene rings is 1. The largest absolute Gasteiger partial charge is 0.465 e. The van der Waals surface area contributed by atoms with Gasteiger partial charge >= 0.3 is 11.6 Å². The van der Waals surface area contributed by atoms with Gasteiger partial charge in [0.1, 0.15) is 5.58 Å². The van der Waals surface area contributed by atoms with Crippen LogP contribution in [0.25, 0.3) is 11.0 Å². The minimum absolute atomic E-state index is 0.0578. The van der Waals surface area contributed by atoms with E-state index in [4.69, 9.17) is 9.15 Å². The van der Waals surface area contributed by atoms with E-state index in [1.165, 1.54) is 13.2 Å². The number of hydrogen-bond donors (Lipinski definition) is 0. The highest BCUT2D eigenvalue weighted by Gasteiger charge is 2.18. The minimum Gasteiger partial charge on any atom is -0.465 e. The standard InChI is InChI=1S/C15H16O4/c1-15(2,3)9-5-6-12-10(7-9)11(14(17)18-4)8-13(16)19-12/h5-8H,1-4H3. The molecule has 0 fully saturated rings. The molecule has 0 saturated heterocycles. The molecule has 2 rings (SSSR count). The van der Waals surface area contributed by atoms with Gasteiger partial charge in [-0.1, -0.05) is 26.8 Å². The van der Waals surface area contributed by atoms with Gasteiger partial charge in [0.05, 0.1) is 12.7 Å². The lowest BCUT2D eigenvalue weighted by Crippen LogP contribution is -2.12. The lowest BCUT2D eigenvalue weighted by Gasteiger charge is -2.19. The van der Waals surface area contributed by atoms with Gasteiger partial charge in [0.2, 0.25) is 0 Å². The number of esters is 1. The van der Waals surface area contributed by atoms with E-state index in [-0.39, 0.29) is 11.0 Å². The van der Waals surface area contributed by atoms with E-state index in [0.29, 0.717) is 11.0 Å². The zero-order valence-corrected chi connectivity index (χ0v) is 11.4. The summed E-state index contributed by atoms with van der Waals surface area (Å²) in [6.07, 6.45) is 0. The third-order valence-electron chi connectivity index (χ3n) is 3.01. The number of rotatable bonds is 1. The van der Waals surface area contributed by atoms with Gasteiger partial charge in [0.15, 0.2) is 0 Å². The summed E-state index contributed by atoms with van der Waals surface area (Å²) in [5.74, 6) is -0.538. The van der Waals surface area contributed by atoms with E-state index in [9.17, 15) is 9.59 Å². The Morgan fingerprint density at radius 3 is 2.47 bits per heavy atom. The lowest BCUT2D eigenvalue weighted by atomic mass is 9.86. The topological polar surface area (TPSA) is 56.5 Å². The molecule has 0 N–H and O–H groups in total. The van der Waals surface area contributed by atoms with E-state index in [1.54, 1.807) is 6.07 Å². The molecule has 19 heavy (non-hydrogen) atoms. The highest BCUT2D eigenvalue weighted by atomic mass is 16.5. The summed E-state index contributed by atoms with van der Waals surface area (Å²) >= 11 is 0. The number of methoxy groups -OCH3 is 1. The van der Waals surface area contributed by atoms with Crippen LogP contribution in [0.2, 0.25) is 0 Å². The maximum atomic E-state index is 11.7. The number of ether oxygens (including phenoxy) is 1. The van der Waals surface area contributed by atoms with E-state index < -0.39 is 11.6 Å². The fourth-order valence-corrected chi connectivity index (χ4v) is 1.91. The molecule has 2 aromatic rings. The van der Waals surface area contributed by atoms with Crippen molar-refractivity contribution in [1.82, 2.24) is 0 Å². The molecule has 0 aliphatic carbocycles. The summed E-state index contributed by atoms with van der Waals surface area (Å²) in [4.78, 5) is 23.2. The molecule has 0 atom stereocenters. The molecule has 4 heteroatoms. The molecule has 0 bridgehead atoms. The van der Waals surface area contributed by atoms with Gasteiger partial charge < -0.3 is 9.15 Å². The predicted molar refractivity (Wildman–Crippen MR) is 72.5 cm³/mol. The third kappa shape index (κ3) is 2.52. The number of carbonyl (C=O) groups is 1. The zero-order valence-electron chi connectivity index (χ0n) is 11.4. The van der Waals surface area contributed by atoms with Gasteiger partial charge in [-0.25, -0.2) is 9.59 Å². The summed E-state index contributed by atoms with van der Waals surface area (Å²) in [6.45, 7) is 6.22. The summed E-state index contributed by atoms with van der Waals surface area (Å²) < 4.78 is 9.81. The second-order valence-electron chi connectivity index (χ2n) is 5.43. The smallest absolute Gasteiger partial charge is 0.338 e. The Balaban J connectivity index is 2.79. The summed E-state index contributed by atoms with van der Waals surface area (Å²) in [5, 5.41) is 0.596. The van der Waals surface area contributed by atoms with Crippen molar-refractivity contribution < 1.29 is 13.9 Å². The normalized spacial score (nSPS) is 11.6. The molecule has 0 aliphatic rings. The first kappa shape index (κ1) is 13.3. The highest BCUT2D eigenvalue weighted by Crippen LogP contribution is 2.27. The van der Waals surface area contributed by atoms with Crippen molar-refractivity contribution in [3.8, 4) is 0 Å². The summed E-state index contributed by atoms with van der Waals surface area (Å²) in [7, 11) is 1.29. The Hall–Kier alpha value is -2.10. The molecular weight excluding hydrogens is 244 g/mol. The van der Waals surface area contributed by atoms with Crippen LogP contribution in [0.1, 0.15) is 36.7 Å². The second kappa shape index (κ2) is 4.53. The summed E-state index contributed by atoms with van der Waals surface area (Å²) in [5.41, 5.74) is 1.06. The van der Waals surface area contributed by atoms with Crippen LogP contribution in [0.5, 0.6) is 0 Å². The highest BCUT2D eigenvalue weighted by molar-refractivity contribution is 6.02. The van der Waals surface area contributed by atoms with Gasteiger partial charge in [-0.3, -0.25) is 0 Å². The first-order valence-corrected chi connectivity index (χ1v) is 5.99. The van der Waals surface area contributed by atoms with Gasteiger partial charge in [-0.05, 0) is 23.1 Å². The lowest BCUT2D eigenvalue weighted by molar-refractivity contribution is 0.0602. The molecule has 1 aromatic carbocycles. The van der Waals surface area contributed by atoms with Crippen LogP contribution >= 0.6 is 0 Å². The fraction of sp³-hybridized carbons (Fsp3) is 0.333. The Labute approximate surface area is 111 Å². The summed E-state index contributed by atoms with van der Waals surface area (Å²) in [6, 6.07) is 6.64. The monoisotopic (exact) mass is 260 g/mol. The Kier molecular flexibility index (Phi) is 3.18. The fourth-order valence-electron chi connectivity index (χ4n) is 1.91. The Morgan fingerprint density at radius 1 is 1.21 bits per heavy atom. The van der Waals surface area contributed by atoms with Crippen molar-refractivity contribution >= 4 is 16.9 Å². The SMILES string of the molecule is COC(=O)c1cc(=O)oc2ccc(C(C)(C)C)cc12. The van der Waals surface area contributed by atoms with E-state index in [2.05, 4.69) is 20.8 Å². The van der Waals surface area contributed by atoms with Crippen LogP contribution < -0.4 is 5.63 Å². The van der Waals surface area contributed by atoms with Crippen molar-refractivity contribution in [3.05, 3.63) is 45.8 Å². The quantitative estimate of drug-likeness (QED) is 0.584. The molecule has 1 heterocycles. The maximum Gasteiger partial charge on any atom is 0.338 e.